The van der Waals surface area contributed by atoms with Crippen LogP contribution in [0.1, 0.15) is 31.7 Å². The van der Waals surface area contributed by atoms with E-state index in [1.807, 2.05) is 13.8 Å². The molecule has 0 bridgehead atoms. The van der Waals surface area contributed by atoms with Crippen LogP contribution in [0.25, 0.3) is 0 Å². The zero-order valence-electron chi connectivity index (χ0n) is 11.9. The van der Waals surface area contributed by atoms with Crippen LogP contribution in [0.5, 0.6) is 0 Å². The maximum absolute atomic E-state index is 12.5. The summed E-state index contributed by atoms with van der Waals surface area (Å²) in [6.45, 7) is 7.41. The molecule has 2 rings (SSSR count). The first kappa shape index (κ1) is 14.8. The molecule has 0 aliphatic heterocycles. The molecule has 1 aromatic rings. The summed E-state index contributed by atoms with van der Waals surface area (Å²) in [6, 6.07) is -0.126. The molecule has 108 valence electrons. The lowest BCUT2D eigenvalue weighted by molar-refractivity contribution is 0.137. The predicted molar refractivity (Wildman–Crippen MR) is 74.8 cm³/mol. The van der Waals surface area contributed by atoms with Crippen LogP contribution in [0.3, 0.4) is 0 Å². The predicted octanol–water partition coefficient (Wildman–Crippen LogP) is 1.72. The summed E-state index contributed by atoms with van der Waals surface area (Å²) in [5.41, 5.74) is 0.940. The van der Waals surface area contributed by atoms with E-state index < -0.39 is 10.0 Å². The van der Waals surface area contributed by atoms with Crippen LogP contribution in [0.15, 0.2) is 4.90 Å². The minimum absolute atomic E-state index is 0.0105. The number of aromatic nitrogens is 2. The summed E-state index contributed by atoms with van der Waals surface area (Å²) in [5, 5.41) is 4.16. The second-order valence-electron chi connectivity index (χ2n) is 5.82. The molecule has 1 saturated carbocycles. The van der Waals surface area contributed by atoms with E-state index in [0.717, 1.165) is 0 Å². The van der Waals surface area contributed by atoms with Crippen molar-refractivity contribution in [3.63, 3.8) is 0 Å². The third kappa shape index (κ3) is 2.30. The molecule has 1 fully saturated rings. The Morgan fingerprint density at radius 3 is 2.37 bits per heavy atom. The molecule has 0 aromatic carbocycles. The van der Waals surface area contributed by atoms with Gasteiger partial charge in [-0.1, -0.05) is 13.8 Å². The molecule has 1 N–H and O–H groups in total. The van der Waals surface area contributed by atoms with Crippen molar-refractivity contribution in [3.05, 3.63) is 11.4 Å². The smallest absolute Gasteiger partial charge is 0.244 e. The molecule has 0 spiro atoms. The Morgan fingerprint density at radius 1 is 1.42 bits per heavy atom. The SMILES string of the molecule is Cc1nn(C)c(C)c1S(=O)(=O)NC1CC(Cl)C1(C)C. The van der Waals surface area contributed by atoms with Gasteiger partial charge in [-0.2, -0.15) is 5.10 Å². The average molecular weight is 306 g/mol. The molecule has 2 atom stereocenters. The van der Waals surface area contributed by atoms with Gasteiger partial charge >= 0.3 is 0 Å². The van der Waals surface area contributed by atoms with Crippen molar-refractivity contribution in [1.29, 1.82) is 0 Å². The van der Waals surface area contributed by atoms with E-state index >= 15 is 0 Å². The van der Waals surface area contributed by atoms with E-state index in [4.69, 9.17) is 11.6 Å². The molecular formula is C12H20ClN3O2S. The van der Waals surface area contributed by atoms with E-state index in [0.29, 0.717) is 17.8 Å². The van der Waals surface area contributed by atoms with Gasteiger partial charge in [-0.15, -0.1) is 11.6 Å². The monoisotopic (exact) mass is 305 g/mol. The van der Waals surface area contributed by atoms with Gasteiger partial charge in [-0.25, -0.2) is 13.1 Å². The summed E-state index contributed by atoms with van der Waals surface area (Å²) in [5.74, 6) is 0. The average Bonchev–Trinajstić information content (AvgIpc) is 2.52. The number of rotatable bonds is 3. The van der Waals surface area contributed by atoms with Gasteiger partial charge in [-0.05, 0) is 25.7 Å². The topological polar surface area (TPSA) is 64.0 Å². The highest BCUT2D eigenvalue weighted by molar-refractivity contribution is 7.89. The van der Waals surface area contributed by atoms with Crippen molar-refractivity contribution in [2.45, 2.75) is 50.4 Å². The van der Waals surface area contributed by atoms with Crippen LogP contribution in [-0.2, 0) is 17.1 Å². The molecular weight excluding hydrogens is 286 g/mol. The van der Waals surface area contributed by atoms with Crippen molar-refractivity contribution in [3.8, 4) is 0 Å². The third-order valence-electron chi connectivity index (χ3n) is 4.16. The van der Waals surface area contributed by atoms with Gasteiger partial charge in [0.2, 0.25) is 10.0 Å². The van der Waals surface area contributed by atoms with Gasteiger partial charge in [0.15, 0.2) is 0 Å². The Bertz CT molecular complexity index is 607. The Hall–Kier alpha value is -0.590. The minimum atomic E-state index is -3.55. The largest absolute Gasteiger partial charge is 0.271 e. The number of nitrogens with one attached hydrogen (secondary N) is 1. The highest BCUT2D eigenvalue weighted by atomic mass is 35.5. The van der Waals surface area contributed by atoms with Gasteiger partial charge < -0.3 is 0 Å². The molecule has 19 heavy (non-hydrogen) atoms. The van der Waals surface area contributed by atoms with Crippen LogP contribution >= 0.6 is 11.6 Å². The van der Waals surface area contributed by atoms with E-state index in [9.17, 15) is 8.42 Å². The second kappa shape index (κ2) is 4.46. The fourth-order valence-electron chi connectivity index (χ4n) is 2.46. The maximum Gasteiger partial charge on any atom is 0.244 e. The van der Waals surface area contributed by atoms with Crippen LogP contribution in [-0.4, -0.2) is 29.6 Å². The highest BCUT2D eigenvalue weighted by Gasteiger charge is 2.49. The lowest BCUT2D eigenvalue weighted by Crippen LogP contribution is -2.59. The van der Waals surface area contributed by atoms with Crippen LogP contribution in [0, 0.1) is 19.3 Å². The molecule has 1 aliphatic rings. The molecule has 5 nitrogen and oxygen atoms in total. The summed E-state index contributed by atoms with van der Waals surface area (Å²) in [7, 11) is -1.81. The van der Waals surface area contributed by atoms with Gasteiger partial charge in [0.05, 0.1) is 11.4 Å². The number of alkyl halides is 1. The van der Waals surface area contributed by atoms with Gasteiger partial charge in [0.1, 0.15) is 4.90 Å². The lowest BCUT2D eigenvalue weighted by atomic mass is 9.67. The first-order chi connectivity index (χ1) is 8.57. The maximum atomic E-state index is 12.5. The number of halogens is 1. The summed E-state index contributed by atoms with van der Waals surface area (Å²) >= 11 is 6.13. The Morgan fingerprint density at radius 2 is 2.00 bits per heavy atom. The van der Waals surface area contributed by atoms with E-state index in [1.165, 1.54) is 0 Å². The fourth-order valence-corrected chi connectivity index (χ4v) is 4.63. The van der Waals surface area contributed by atoms with Gasteiger partial charge in [0.25, 0.3) is 0 Å². The number of hydrogen-bond acceptors (Lipinski definition) is 3. The first-order valence-corrected chi connectivity index (χ1v) is 8.16. The molecule has 1 heterocycles. The van der Waals surface area contributed by atoms with Crippen LogP contribution in [0.4, 0.5) is 0 Å². The van der Waals surface area contributed by atoms with E-state index in [1.54, 1.807) is 25.6 Å². The quantitative estimate of drug-likeness (QED) is 0.865. The minimum Gasteiger partial charge on any atom is -0.271 e. The lowest BCUT2D eigenvalue weighted by Gasteiger charge is -2.48. The van der Waals surface area contributed by atoms with Crippen LogP contribution < -0.4 is 4.72 Å². The summed E-state index contributed by atoms with van der Waals surface area (Å²) in [6.07, 6.45) is 0.659. The molecule has 1 aromatic heterocycles. The van der Waals surface area contributed by atoms with Gasteiger partial charge in [-0.3, -0.25) is 4.68 Å². The molecule has 0 radical (unpaired) electrons. The van der Waals surface area contributed by atoms with Crippen molar-refractivity contribution in [1.82, 2.24) is 14.5 Å². The standard InChI is InChI=1S/C12H20ClN3O2S/c1-7-11(8(2)16(5)14-7)19(17,18)15-10-6-9(13)12(10,3)4/h9-10,15H,6H2,1-5H3. The molecule has 0 saturated heterocycles. The van der Waals surface area contributed by atoms with Crippen molar-refractivity contribution in [2.75, 3.05) is 0 Å². The Labute approximate surface area is 119 Å². The Kier molecular flexibility index (Phi) is 3.48. The van der Waals surface area contributed by atoms with E-state index in [2.05, 4.69) is 9.82 Å². The fraction of sp³-hybridized carbons (Fsp3) is 0.750. The van der Waals surface area contributed by atoms with E-state index in [-0.39, 0.29) is 21.7 Å². The number of sulfonamides is 1. The molecule has 0 amide bonds. The van der Waals surface area contributed by atoms with Crippen LogP contribution in [0.2, 0.25) is 0 Å². The number of aryl methyl sites for hydroxylation is 2. The van der Waals surface area contributed by atoms with Crippen molar-refractivity contribution < 1.29 is 8.42 Å². The normalized spacial score (nSPS) is 26.2. The van der Waals surface area contributed by atoms with Crippen molar-refractivity contribution in [2.24, 2.45) is 12.5 Å². The Balaban J connectivity index is 2.30. The number of nitrogens with zero attached hydrogens (tertiary/aromatic N) is 2. The third-order valence-corrected chi connectivity index (χ3v) is 6.62. The second-order valence-corrected chi connectivity index (χ2v) is 8.00. The summed E-state index contributed by atoms with van der Waals surface area (Å²) < 4.78 is 29.3. The number of hydrogen-bond donors (Lipinski definition) is 1. The summed E-state index contributed by atoms with van der Waals surface area (Å²) in [4.78, 5) is 0.281. The molecule has 2 unspecified atom stereocenters. The van der Waals surface area contributed by atoms with Crippen molar-refractivity contribution >= 4 is 21.6 Å². The zero-order chi connectivity index (χ0) is 14.6. The zero-order valence-corrected chi connectivity index (χ0v) is 13.4. The molecule has 1 aliphatic carbocycles. The molecule has 7 heteroatoms. The van der Waals surface area contributed by atoms with Gasteiger partial charge in [0, 0.05) is 18.5 Å². The highest BCUT2D eigenvalue weighted by Crippen LogP contribution is 2.45. The first-order valence-electron chi connectivity index (χ1n) is 6.24.